The smallest absolute Gasteiger partial charge is 0.191 e. The first-order valence-corrected chi connectivity index (χ1v) is 8.72. The van der Waals surface area contributed by atoms with Gasteiger partial charge in [-0.25, -0.2) is 0 Å². The van der Waals surface area contributed by atoms with Crippen LogP contribution in [0.4, 0.5) is 0 Å². The molecule has 2 N–H and O–H groups in total. The molecular weight excluding hydrogens is 260 g/mol. The summed E-state index contributed by atoms with van der Waals surface area (Å²) in [6.45, 7) is 12.0. The van der Waals surface area contributed by atoms with E-state index in [1.807, 2.05) is 0 Å². The molecule has 1 aliphatic carbocycles. The van der Waals surface area contributed by atoms with E-state index in [2.05, 4.69) is 48.5 Å². The molecular formula is C17H34N4. The molecule has 1 rings (SSSR count). The topological polar surface area (TPSA) is 39.7 Å². The number of rotatable bonds is 10. The third kappa shape index (κ3) is 8.10. The van der Waals surface area contributed by atoms with Crippen molar-refractivity contribution in [2.24, 2.45) is 4.99 Å². The highest BCUT2D eigenvalue weighted by molar-refractivity contribution is 5.80. The van der Waals surface area contributed by atoms with Crippen LogP contribution < -0.4 is 10.6 Å². The Morgan fingerprint density at radius 1 is 1.10 bits per heavy atom. The number of hydrogen-bond donors (Lipinski definition) is 2. The maximum Gasteiger partial charge on any atom is 0.191 e. The van der Waals surface area contributed by atoms with Gasteiger partial charge in [-0.3, -0.25) is 4.99 Å². The largest absolute Gasteiger partial charge is 0.357 e. The highest BCUT2D eigenvalue weighted by Crippen LogP contribution is 2.08. The van der Waals surface area contributed by atoms with Crippen LogP contribution in [0, 0.1) is 0 Å². The second kappa shape index (κ2) is 11.6. The van der Waals surface area contributed by atoms with Gasteiger partial charge in [0, 0.05) is 19.1 Å². The summed E-state index contributed by atoms with van der Waals surface area (Å²) >= 11 is 0. The fourth-order valence-electron chi connectivity index (χ4n) is 2.70. The van der Waals surface area contributed by atoms with Crippen LogP contribution in [0.5, 0.6) is 0 Å². The van der Waals surface area contributed by atoms with E-state index in [1.54, 1.807) is 0 Å². The lowest BCUT2D eigenvalue weighted by Crippen LogP contribution is -2.42. The second-order valence-electron chi connectivity index (χ2n) is 5.74. The molecule has 122 valence electrons. The number of aliphatic imine (C=N–C) groups is 1. The van der Waals surface area contributed by atoms with Crippen molar-refractivity contribution in [3.05, 3.63) is 12.2 Å². The molecule has 0 spiro atoms. The number of hydrogen-bond acceptors (Lipinski definition) is 2. The van der Waals surface area contributed by atoms with Crippen molar-refractivity contribution < 1.29 is 0 Å². The lowest BCUT2D eigenvalue weighted by Gasteiger charge is -2.20. The minimum Gasteiger partial charge on any atom is -0.357 e. The fraction of sp³-hybridized carbons (Fsp3) is 0.824. The Balaban J connectivity index is 2.28. The Labute approximate surface area is 131 Å². The highest BCUT2D eigenvalue weighted by Gasteiger charge is 2.11. The first kappa shape index (κ1) is 18.0. The summed E-state index contributed by atoms with van der Waals surface area (Å²) in [7, 11) is 0. The average Bonchev–Trinajstić information content (AvgIpc) is 2.97. The van der Waals surface area contributed by atoms with Crippen LogP contribution in [0.1, 0.15) is 52.9 Å². The standard InChI is InChI=1S/C17H34N4/c1-4-13-21(14-5-2)15-9-12-19-17(18-6-3)20-16-10-7-8-11-16/h7-8,16H,4-6,9-15H2,1-3H3,(H2,18,19,20). The molecule has 0 saturated carbocycles. The quantitative estimate of drug-likeness (QED) is 0.282. The van der Waals surface area contributed by atoms with Gasteiger partial charge in [-0.1, -0.05) is 26.0 Å². The molecule has 0 fully saturated rings. The molecule has 0 heterocycles. The Kier molecular flexibility index (Phi) is 9.96. The van der Waals surface area contributed by atoms with Crippen LogP contribution >= 0.6 is 0 Å². The fourth-order valence-corrected chi connectivity index (χ4v) is 2.70. The van der Waals surface area contributed by atoms with Crippen LogP contribution in [0.25, 0.3) is 0 Å². The second-order valence-corrected chi connectivity index (χ2v) is 5.74. The predicted molar refractivity (Wildman–Crippen MR) is 92.9 cm³/mol. The van der Waals surface area contributed by atoms with E-state index in [9.17, 15) is 0 Å². The van der Waals surface area contributed by atoms with Gasteiger partial charge in [0.25, 0.3) is 0 Å². The van der Waals surface area contributed by atoms with Gasteiger partial charge in [-0.15, -0.1) is 0 Å². The van der Waals surface area contributed by atoms with Gasteiger partial charge in [0.05, 0.1) is 0 Å². The van der Waals surface area contributed by atoms with Gasteiger partial charge in [0.2, 0.25) is 0 Å². The van der Waals surface area contributed by atoms with Gasteiger partial charge >= 0.3 is 0 Å². The minimum atomic E-state index is 0.527. The van der Waals surface area contributed by atoms with Crippen molar-refractivity contribution >= 4 is 5.96 Å². The molecule has 0 aromatic rings. The van der Waals surface area contributed by atoms with E-state index >= 15 is 0 Å². The average molecular weight is 294 g/mol. The van der Waals surface area contributed by atoms with Crippen molar-refractivity contribution in [3.63, 3.8) is 0 Å². The van der Waals surface area contributed by atoms with Crippen molar-refractivity contribution in [2.45, 2.75) is 58.9 Å². The van der Waals surface area contributed by atoms with E-state index in [0.29, 0.717) is 6.04 Å². The maximum absolute atomic E-state index is 4.71. The summed E-state index contributed by atoms with van der Waals surface area (Å²) in [4.78, 5) is 7.26. The van der Waals surface area contributed by atoms with E-state index in [4.69, 9.17) is 4.99 Å². The summed E-state index contributed by atoms with van der Waals surface area (Å²) in [5.74, 6) is 0.976. The van der Waals surface area contributed by atoms with Gasteiger partial charge in [0.15, 0.2) is 5.96 Å². The molecule has 0 aliphatic heterocycles. The lowest BCUT2D eigenvalue weighted by molar-refractivity contribution is 0.273. The zero-order chi connectivity index (χ0) is 15.3. The number of nitrogens with one attached hydrogen (secondary N) is 2. The molecule has 0 atom stereocenters. The van der Waals surface area contributed by atoms with Crippen molar-refractivity contribution in [3.8, 4) is 0 Å². The summed E-state index contributed by atoms with van der Waals surface area (Å²) < 4.78 is 0. The summed E-state index contributed by atoms with van der Waals surface area (Å²) in [5, 5.41) is 6.86. The van der Waals surface area contributed by atoms with Gasteiger partial charge in [-0.2, -0.15) is 0 Å². The molecule has 0 saturated heterocycles. The van der Waals surface area contributed by atoms with E-state index in [0.717, 1.165) is 44.9 Å². The van der Waals surface area contributed by atoms with Crippen LogP contribution in [-0.4, -0.2) is 49.6 Å². The zero-order valence-electron chi connectivity index (χ0n) is 14.2. The van der Waals surface area contributed by atoms with Gasteiger partial charge in [0.1, 0.15) is 0 Å². The van der Waals surface area contributed by atoms with Crippen LogP contribution in [-0.2, 0) is 0 Å². The first-order valence-electron chi connectivity index (χ1n) is 8.72. The molecule has 4 heteroatoms. The van der Waals surface area contributed by atoms with E-state index in [-0.39, 0.29) is 0 Å². The lowest BCUT2D eigenvalue weighted by atomic mass is 10.2. The van der Waals surface area contributed by atoms with Crippen molar-refractivity contribution in [1.29, 1.82) is 0 Å². The molecule has 0 bridgehead atoms. The van der Waals surface area contributed by atoms with Crippen LogP contribution in [0.2, 0.25) is 0 Å². The Bertz CT molecular complexity index is 298. The molecule has 21 heavy (non-hydrogen) atoms. The zero-order valence-corrected chi connectivity index (χ0v) is 14.2. The minimum absolute atomic E-state index is 0.527. The summed E-state index contributed by atoms with van der Waals surface area (Å²) in [5.41, 5.74) is 0. The molecule has 4 nitrogen and oxygen atoms in total. The van der Waals surface area contributed by atoms with Crippen molar-refractivity contribution in [2.75, 3.05) is 32.7 Å². The first-order chi connectivity index (χ1) is 10.3. The molecule has 0 amide bonds. The van der Waals surface area contributed by atoms with Crippen LogP contribution in [0.15, 0.2) is 17.1 Å². The number of guanidine groups is 1. The summed E-state index contributed by atoms with van der Waals surface area (Å²) in [6.07, 6.45) is 10.3. The Morgan fingerprint density at radius 3 is 2.33 bits per heavy atom. The molecule has 1 aliphatic rings. The van der Waals surface area contributed by atoms with Gasteiger partial charge in [-0.05, 0) is 58.7 Å². The SMILES string of the molecule is CCCN(CCC)CCCN=C(NCC)NC1CC=CC1. The maximum atomic E-state index is 4.71. The van der Waals surface area contributed by atoms with E-state index < -0.39 is 0 Å². The highest BCUT2D eigenvalue weighted by atomic mass is 15.2. The monoisotopic (exact) mass is 294 g/mol. The molecule has 0 radical (unpaired) electrons. The third-order valence-corrected chi connectivity index (χ3v) is 3.67. The Hall–Kier alpha value is -1.03. The molecule has 0 aromatic heterocycles. The number of nitrogens with zero attached hydrogens (tertiary/aromatic N) is 2. The third-order valence-electron chi connectivity index (χ3n) is 3.67. The van der Waals surface area contributed by atoms with Crippen LogP contribution in [0.3, 0.4) is 0 Å². The van der Waals surface area contributed by atoms with E-state index in [1.165, 1.54) is 25.9 Å². The Morgan fingerprint density at radius 2 is 1.76 bits per heavy atom. The predicted octanol–water partition coefficient (Wildman–Crippen LogP) is 2.77. The van der Waals surface area contributed by atoms with Crippen molar-refractivity contribution in [1.82, 2.24) is 15.5 Å². The van der Waals surface area contributed by atoms with Gasteiger partial charge < -0.3 is 15.5 Å². The normalized spacial score (nSPS) is 15.9. The molecule has 0 unspecified atom stereocenters. The summed E-state index contributed by atoms with van der Waals surface area (Å²) in [6, 6.07) is 0.527. The molecule has 0 aromatic carbocycles.